The first-order valence-corrected chi connectivity index (χ1v) is 14.7. The minimum Gasteiger partial charge on any atom is -0.496 e. The van der Waals surface area contributed by atoms with Gasteiger partial charge < -0.3 is 20.1 Å². The number of aromatic nitrogens is 1. The highest BCUT2D eigenvalue weighted by molar-refractivity contribution is 5.77. The van der Waals surface area contributed by atoms with Crippen LogP contribution in [-0.4, -0.2) is 72.2 Å². The van der Waals surface area contributed by atoms with Crippen molar-refractivity contribution in [3.8, 4) is 5.75 Å². The molecule has 1 saturated heterocycles. The van der Waals surface area contributed by atoms with Crippen molar-refractivity contribution in [2.45, 2.75) is 83.0 Å². The largest absolute Gasteiger partial charge is 0.496 e. The summed E-state index contributed by atoms with van der Waals surface area (Å²) in [5, 5.41) is 13.6. The molecule has 3 heterocycles. The van der Waals surface area contributed by atoms with Gasteiger partial charge in [0, 0.05) is 36.9 Å². The van der Waals surface area contributed by atoms with Gasteiger partial charge in [0.25, 0.3) is 0 Å². The number of alkyl halides is 3. The first-order chi connectivity index (χ1) is 19.5. The van der Waals surface area contributed by atoms with E-state index >= 15 is 0 Å². The number of hydrogen-bond donors (Lipinski definition) is 2. The van der Waals surface area contributed by atoms with E-state index in [1.54, 1.807) is 24.8 Å². The lowest BCUT2D eigenvalue weighted by Gasteiger charge is -2.29. The molecule has 0 unspecified atom stereocenters. The van der Waals surface area contributed by atoms with E-state index in [9.17, 15) is 23.1 Å². The third kappa shape index (κ3) is 7.52. The SMILES string of the molecule is COc1c([C@@H](C(=O)O)N2CC[C@@H](N(C)CCCCCc3ccc4c(n3)NCCC4)C2)cc(C(C)C)cc1C(F)(F)F. The fourth-order valence-electron chi connectivity index (χ4n) is 6.03. The van der Waals surface area contributed by atoms with Crippen LogP contribution in [0.1, 0.15) is 85.9 Å². The summed E-state index contributed by atoms with van der Waals surface area (Å²) < 4.78 is 47.1. The number of carboxylic acid groups (broad SMARTS) is 1. The number of fused-ring (bicyclic) bond motifs is 1. The summed E-state index contributed by atoms with van der Waals surface area (Å²) in [4.78, 5) is 21.3. The number of unbranched alkanes of at least 4 members (excludes halogenated alkanes) is 2. The van der Waals surface area contributed by atoms with E-state index in [2.05, 4.69) is 22.3 Å². The van der Waals surface area contributed by atoms with Crippen LogP contribution < -0.4 is 10.1 Å². The first-order valence-electron chi connectivity index (χ1n) is 14.7. The predicted molar refractivity (Wildman–Crippen MR) is 154 cm³/mol. The fraction of sp³-hybridized carbons (Fsp3) is 0.613. The Morgan fingerprint density at radius 2 is 2.02 bits per heavy atom. The molecule has 7 nitrogen and oxygen atoms in total. The molecule has 0 spiro atoms. The molecule has 0 bridgehead atoms. The second-order valence-electron chi connectivity index (χ2n) is 11.7. The standard InChI is InChI=1S/C31H43F3N4O3/c1-20(2)22-17-25(28(41-4)26(18-22)31(32,33)34)27(30(39)40)38-16-13-24(19-38)37(3)15-7-5-6-10-23-12-11-21-9-8-14-35-29(21)36-23/h11-12,17-18,20,24,27H,5-10,13-16,19H2,1-4H3,(H,35,36)(H,39,40)/t24-,27+/m1/s1. The zero-order valence-corrected chi connectivity index (χ0v) is 24.6. The molecule has 2 aliphatic heterocycles. The van der Waals surface area contributed by atoms with Gasteiger partial charge in [-0.2, -0.15) is 13.2 Å². The number of pyridine rings is 1. The van der Waals surface area contributed by atoms with Gasteiger partial charge in [0.15, 0.2) is 0 Å². The molecule has 2 aromatic rings. The number of aryl methyl sites for hydroxylation is 2. The van der Waals surface area contributed by atoms with E-state index in [-0.39, 0.29) is 17.5 Å². The van der Waals surface area contributed by atoms with Crippen LogP contribution in [0.4, 0.5) is 19.0 Å². The van der Waals surface area contributed by atoms with E-state index in [1.165, 1.54) is 12.7 Å². The summed E-state index contributed by atoms with van der Waals surface area (Å²) in [5.74, 6) is -0.753. The van der Waals surface area contributed by atoms with Gasteiger partial charge in [0.2, 0.25) is 0 Å². The minimum absolute atomic E-state index is 0.0628. The van der Waals surface area contributed by atoms with E-state index in [0.717, 1.165) is 75.6 Å². The maximum atomic E-state index is 14.0. The number of ether oxygens (including phenoxy) is 1. The van der Waals surface area contributed by atoms with Gasteiger partial charge in [-0.3, -0.25) is 9.69 Å². The second kappa shape index (κ2) is 13.4. The monoisotopic (exact) mass is 576 g/mol. The van der Waals surface area contributed by atoms with Crippen LogP contribution in [0.3, 0.4) is 0 Å². The molecular weight excluding hydrogens is 533 g/mol. The average Bonchev–Trinajstić information content (AvgIpc) is 3.41. The Kier molecular flexibility index (Phi) is 10.2. The van der Waals surface area contributed by atoms with Crippen molar-refractivity contribution in [1.29, 1.82) is 0 Å². The molecular formula is C31H43F3N4O3. The van der Waals surface area contributed by atoms with E-state index in [1.807, 2.05) is 7.05 Å². The van der Waals surface area contributed by atoms with Gasteiger partial charge in [-0.05, 0) is 87.4 Å². The number of nitrogens with zero attached hydrogens (tertiary/aromatic N) is 3. The average molecular weight is 577 g/mol. The molecule has 226 valence electrons. The Bertz CT molecular complexity index is 1200. The van der Waals surface area contributed by atoms with Gasteiger partial charge in [0.05, 0.1) is 12.7 Å². The predicted octanol–water partition coefficient (Wildman–Crippen LogP) is 6.14. The third-order valence-electron chi connectivity index (χ3n) is 8.42. The van der Waals surface area contributed by atoms with Crippen LogP contribution in [0.25, 0.3) is 0 Å². The lowest BCUT2D eigenvalue weighted by molar-refractivity contribution is -0.144. The maximum Gasteiger partial charge on any atom is 0.419 e. The number of aliphatic carboxylic acids is 1. The Balaban J connectivity index is 1.35. The Morgan fingerprint density at radius 1 is 1.24 bits per heavy atom. The number of carboxylic acids is 1. The molecule has 41 heavy (non-hydrogen) atoms. The van der Waals surface area contributed by atoms with Crippen molar-refractivity contribution in [1.82, 2.24) is 14.8 Å². The molecule has 2 atom stereocenters. The number of benzene rings is 1. The minimum atomic E-state index is -4.66. The van der Waals surface area contributed by atoms with Gasteiger partial charge in [0.1, 0.15) is 17.6 Å². The zero-order valence-electron chi connectivity index (χ0n) is 24.6. The number of likely N-dealkylation sites (tertiary alicyclic amines) is 1. The van der Waals surface area contributed by atoms with Crippen LogP contribution >= 0.6 is 0 Å². The molecule has 10 heteroatoms. The van der Waals surface area contributed by atoms with Crippen LogP contribution in [0.5, 0.6) is 5.75 Å². The van der Waals surface area contributed by atoms with Gasteiger partial charge in [-0.25, -0.2) is 4.98 Å². The van der Waals surface area contributed by atoms with Crippen LogP contribution in [0.15, 0.2) is 24.3 Å². The number of carbonyl (C=O) groups is 1. The van der Waals surface area contributed by atoms with Crippen molar-refractivity contribution in [3.05, 3.63) is 52.2 Å². The molecule has 0 radical (unpaired) electrons. The van der Waals surface area contributed by atoms with Crippen molar-refractivity contribution in [3.63, 3.8) is 0 Å². The summed E-state index contributed by atoms with van der Waals surface area (Å²) in [7, 11) is 3.21. The number of rotatable bonds is 12. The number of halogens is 3. The van der Waals surface area contributed by atoms with E-state index in [0.29, 0.717) is 18.7 Å². The third-order valence-corrected chi connectivity index (χ3v) is 8.42. The number of methoxy groups -OCH3 is 1. The van der Waals surface area contributed by atoms with Crippen molar-refractivity contribution in [2.24, 2.45) is 0 Å². The highest BCUT2D eigenvalue weighted by Crippen LogP contribution is 2.44. The fourth-order valence-corrected chi connectivity index (χ4v) is 6.03. The first kappa shape index (κ1) is 31.1. The van der Waals surface area contributed by atoms with E-state index < -0.39 is 29.5 Å². The summed E-state index contributed by atoms with van der Waals surface area (Å²) in [5.41, 5.74) is 1.98. The smallest absolute Gasteiger partial charge is 0.419 e. The number of anilines is 1. The number of nitrogens with one attached hydrogen (secondary N) is 1. The summed E-state index contributed by atoms with van der Waals surface area (Å²) in [6.07, 6.45) is 2.38. The van der Waals surface area contributed by atoms with Gasteiger partial charge in [-0.15, -0.1) is 0 Å². The van der Waals surface area contributed by atoms with Crippen molar-refractivity contribution >= 4 is 11.8 Å². The van der Waals surface area contributed by atoms with Gasteiger partial charge >= 0.3 is 12.1 Å². The molecule has 4 rings (SSSR count). The lowest BCUT2D eigenvalue weighted by Crippen LogP contribution is -2.38. The normalized spacial score (nSPS) is 18.4. The van der Waals surface area contributed by atoms with Crippen molar-refractivity contribution < 1.29 is 27.8 Å². The zero-order chi connectivity index (χ0) is 29.7. The molecule has 0 aliphatic carbocycles. The summed E-state index contributed by atoms with van der Waals surface area (Å²) in [6.45, 7) is 6.40. The van der Waals surface area contributed by atoms with Crippen LogP contribution in [0.2, 0.25) is 0 Å². The summed E-state index contributed by atoms with van der Waals surface area (Å²) in [6, 6.07) is 5.88. The van der Waals surface area contributed by atoms with Gasteiger partial charge in [-0.1, -0.05) is 26.3 Å². The topological polar surface area (TPSA) is 77.9 Å². The Hall–Kier alpha value is -2.85. The second-order valence-corrected chi connectivity index (χ2v) is 11.7. The Morgan fingerprint density at radius 3 is 2.71 bits per heavy atom. The molecule has 0 saturated carbocycles. The molecule has 1 fully saturated rings. The molecule has 2 N–H and O–H groups in total. The molecule has 0 amide bonds. The van der Waals surface area contributed by atoms with E-state index in [4.69, 9.17) is 9.72 Å². The van der Waals surface area contributed by atoms with Crippen molar-refractivity contribution in [2.75, 3.05) is 45.7 Å². The molecule has 1 aromatic heterocycles. The quantitative estimate of drug-likeness (QED) is 0.294. The lowest BCUT2D eigenvalue weighted by atomic mass is 9.92. The molecule has 2 aliphatic rings. The number of likely N-dealkylation sites (N-methyl/N-ethyl adjacent to an activating group) is 1. The highest BCUT2D eigenvalue weighted by Gasteiger charge is 2.41. The molecule has 1 aromatic carbocycles. The Labute approximate surface area is 241 Å². The highest BCUT2D eigenvalue weighted by atomic mass is 19.4. The maximum absolute atomic E-state index is 14.0. The summed E-state index contributed by atoms with van der Waals surface area (Å²) >= 11 is 0. The van der Waals surface area contributed by atoms with Crippen LogP contribution in [0, 0.1) is 0 Å². The van der Waals surface area contributed by atoms with Crippen LogP contribution in [-0.2, 0) is 23.8 Å². The number of hydrogen-bond acceptors (Lipinski definition) is 6.